The van der Waals surface area contributed by atoms with Crippen LogP contribution < -0.4 is 4.74 Å². The Kier molecular flexibility index (Phi) is 8.03. The van der Waals surface area contributed by atoms with Gasteiger partial charge >= 0.3 is 5.97 Å². The third-order valence-corrected chi connectivity index (χ3v) is 6.61. The molecule has 7 nitrogen and oxygen atoms in total. The van der Waals surface area contributed by atoms with E-state index in [1.54, 1.807) is 18.2 Å². The van der Waals surface area contributed by atoms with Crippen LogP contribution in [0.4, 0.5) is 4.39 Å². The standard InChI is InChI=1S/C26H28ClFN2O5/c27-20-6-4-19(5-7-20)22(14-26(33)34)29(15-17-1-2-17)16-18-3-8-23(21(28)13-18)35-12-11-30-24(31)9-10-25(30)32/h3-8,13,17,22H,1-2,9-12,14-16H2,(H,33,34). The van der Waals surface area contributed by atoms with E-state index < -0.39 is 11.8 Å². The lowest BCUT2D eigenvalue weighted by atomic mass is 10.0. The maximum absolute atomic E-state index is 14.8. The van der Waals surface area contributed by atoms with E-state index >= 15 is 0 Å². The van der Waals surface area contributed by atoms with Gasteiger partial charge in [0, 0.05) is 37.0 Å². The minimum Gasteiger partial charge on any atom is -0.489 e. The van der Waals surface area contributed by atoms with E-state index in [-0.39, 0.29) is 56.0 Å². The van der Waals surface area contributed by atoms with Gasteiger partial charge in [0.25, 0.3) is 0 Å². The van der Waals surface area contributed by atoms with Crippen LogP contribution in [0.3, 0.4) is 0 Å². The number of carbonyl (C=O) groups is 3. The molecule has 1 saturated heterocycles. The maximum Gasteiger partial charge on any atom is 0.305 e. The van der Waals surface area contributed by atoms with Gasteiger partial charge in [-0.25, -0.2) is 4.39 Å². The highest BCUT2D eigenvalue weighted by molar-refractivity contribution is 6.30. The number of imide groups is 1. The molecule has 1 atom stereocenters. The summed E-state index contributed by atoms with van der Waals surface area (Å²) in [5.41, 5.74) is 1.55. The molecular weight excluding hydrogens is 475 g/mol. The molecule has 1 N–H and O–H groups in total. The Morgan fingerprint density at radius 2 is 1.83 bits per heavy atom. The quantitative estimate of drug-likeness (QED) is 0.432. The number of benzene rings is 2. The van der Waals surface area contributed by atoms with Crippen molar-refractivity contribution in [1.82, 2.24) is 9.80 Å². The SMILES string of the molecule is O=C(O)CC(c1ccc(Cl)cc1)N(Cc1ccc(OCCN2C(=O)CCC2=O)c(F)c1)CC1CC1. The summed E-state index contributed by atoms with van der Waals surface area (Å²) in [7, 11) is 0. The van der Waals surface area contributed by atoms with Crippen molar-refractivity contribution < 1.29 is 28.6 Å². The topological polar surface area (TPSA) is 87.2 Å². The summed E-state index contributed by atoms with van der Waals surface area (Å²) in [4.78, 5) is 38.3. The summed E-state index contributed by atoms with van der Waals surface area (Å²) in [6, 6.07) is 11.5. The molecule has 2 aliphatic rings. The summed E-state index contributed by atoms with van der Waals surface area (Å²) in [6.45, 7) is 1.20. The summed E-state index contributed by atoms with van der Waals surface area (Å²) < 4.78 is 20.3. The molecule has 0 aromatic heterocycles. The average molecular weight is 503 g/mol. The van der Waals surface area contributed by atoms with Crippen LogP contribution in [-0.4, -0.2) is 52.4 Å². The molecule has 35 heavy (non-hydrogen) atoms. The van der Waals surface area contributed by atoms with Gasteiger partial charge in [-0.2, -0.15) is 0 Å². The summed E-state index contributed by atoms with van der Waals surface area (Å²) >= 11 is 6.03. The summed E-state index contributed by atoms with van der Waals surface area (Å²) in [6.07, 6.45) is 2.53. The van der Waals surface area contributed by atoms with Crippen molar-refractivity contribution in [2.45, 2.75) is 44.7 Å². The smallest absolute Gasteiger partial charge is 0.305 e. The van der Waals surface area contributed by atoms with Gasteiger partial charge in [0.05, 0.1) is 13.0 Å². The fourth-order valence-electron chi connectivity index (χ4n) is 4.36. The highest BCUT2D eigenvalue weighted by Crippen LogP contribution is 2.35. The Morgan fingerprint density at radius 1 is 1.14 bits per heavy atom. The molecule has 0 bridgehead atoms. The van der Waals surface area contributed by atoms with Crippen molar-refractivity contribution in [3.05, 3.63) is 64.4 Å². The van der Waals surface area contributed by atoms with E-state index in [9.17, 15) is 23.9 Å². The number of nitrogens with zero attached hydrogens (tertiary/aromatic N) is 2. The fraction of sp³-hybridized carbons (Fsp3) is 0.423. The Labute approximate surface area is 208 Å². The van der Waals surface area contributed by atoms with Crippen molar-refractivity contribution in [1.29, 1.82) is 0 Å². The number of likely N-dealkylation sites (tertiary alicyclic amines) is 1. The zero-order chi connectivity index (χ0) is 24.9. The molecule has 2 fully saturated rings. The summed E-state index contributed by atoms with van der Waals surface area (Å²) in [5, 5.41) is 10.1. The van der Waals surface area contributed by atoms with Crippen molar-refractivity contribution in [2.24, 2.45) is 5.92 Å². The van der Waals surface area contributed by atoms with Crippen LogP contribution >= 0.6 is 11.6 Å². The van der Waals surface area contributed by atoms with Gasteiger partial charge in [-0.05, 0) is 54.2 Å². The van der Waals surface area contributed by atoms with Crippen LogP contribution in [0, 0.1) is 11.7 Å². The number of halogens is 2. The Balaban J connectivity index is 1.45. The Bertz CT molecular complexity index is 1070. The average Bonchev–Trinajstić information content (AvgIpc) is 3.58. The molecule has 1 heterocycles. The first-order valence-corrected chi connectivity index (χ1v) is 12.1. The number of ether oxygens (including phenoxy) is 1. The molecule has 2 aromatic carbocycles. The predicted octanol–water partition coefficient (Wildman–Crippen LogP) is 4.43. The molecule has 4 rings (SSSR count). The van der Waals surface area contributed by atoms with E-state index in [1.165, 1.54) is 12.1 Å². The van der Waals surface area contributed by atoms with Crippen LogP contribution in [0.25, 0.3) is 0 Å². The maximum atomic E-state index is 14.8. The van der Waals surface area contributed by atoms with E-state index in [2.05, 4.69) is 4.90 Å². The van der Waals surface area contributed by atoms with Gasteiger partial charge < -0.3 is 9.84 Å². The number of aliphatic carboxylic acids is 1. The van der Waals surface area contributed by atoms with E-state index in [4.69, 9.17) is 16.3 Å². The Morgan fingerprint density at radius 3 is 2.43 bits per heavy atom. The molecule has 2 amide bonds. The lowest BCUT2D eigenvalue weighted by molar-refractivity contribution is -0.140. The van der Waals surface area contributed by atoms with E-state index in [1.807, 2.05) is 12.1 Å². The molecule has 1 aliphatic heterocycles. The second kappa shape index (κ2) is 11.2. The van der Waals surface area contributed by atoms with Crippen molar-refractivity contribution in [3.63, 3.8) is 0 Å². The van der Waals surface area contributed by atoms with Gasteiger partial charge in [-0.3, -0.25) is 24.2 Å². The third kappa shape index (κ3) is 6.80. The van der Waals surface area contributed by atoms with Gasteiger partial charge in [0.2, 0.25) is 11.8 Å². The predicted molar refractivity (Wildman–Crippen MR) is 127 cm³/mol. The minimum atomic E-state index is -0.907. The second-order valence-corrected chi connectivity index (χ2v) is 9.53. The number of carboxylic acids is 1. The van der Waals surface area contributed by atoms with Crippen molar-refractivity contribution in [3.8, 4) is 5.75 Å². The highest BCUT2D eigenvalue weighted by atomic mass is 35.5. The minimum absolute atomic E-state index is 0.0127. The molecule has 0 radical (unpaired) electrons. The largest absolute Gasteiger partial charge is 0.489 e. The first-order chi connectivity index (χ1) is 16.8. The molecule has 1 saturated carbocycles. The molecule has 0 spiro atoms. The van der Waals surface area contributed by atoms with Gasteiger partial charge in [0.15, 0.2) is 11.6 Å². The molecule has 1 unspecified atom stereocenters. The second-order valence-electron chi connectivity index (χ2n) is 9.09. The molecule has 2 aromatic rings. The van der Waals surface area contributed by atoms with Crippen molar-refractivity contribution in [2.75, 3.05) is 19.7 Å². The number of hydrogen-bond acceptors (Lipinski definition) is 5. The molecular formula is C26H28ClFN2O5. The first-order valence-electron chi connectivity index (χ1n) is 11.8. The van der Waals surface area contributed by atoms with Gasteiger partial charge in [-0.15, -0.1) is 0 Å². The third-order valence-electron chi connectivity index (χ3n) is 6.36. The molecule has 186 valence electrons. The van der Waals surface area contributed by atoms with Gasteiger partial charge in [0.1, 0.15) is 6.61 Å². The first kappa shape index (κ1) is 25.1. The van der Waals surface area contributed by atoms with Crippen LogP contribution in [0.2, 0.25) is 5.02 Å². The number of carboxylic acid groups (broad SMARTS) is 1. The van der Waals surface area contributed by atoms with Crippen molar-refractivity contribution >= 4 is 29.4 Å². The lowest BCUT2D eigenvalue weighted by Crippen LogP contribution is -2.33. The lowest BCUT2D eigenvalue weighted by Gasteiger charge is -2.31. The normalized spacial score (nSPS) is 16.7. The number of hydrogen-bond donors (Lipinski definition) is 1. The van der Waals surface area contributed by atoms with Gasteiger partial charge in [-0.1, -0.05) is 29.8 Å². The van der Waals surface area contributed by atoms with Crippen LogP contribution in [0.1, 0.15) is 49.3 Å². The zero-order valence-electron chi connectivity index (χ0n) is 19.3. The van der Waals surface area contributed by atoms with Crippen LogP contribution in [0.5, 0.6) is 5.75 Å². The Hall–Kier alpha value is -2.97. The molecule has 9 heteroatoms. The summed E-state index contributed by atoms with van der Waals surface area (Å²) in [5.74, 6) is -1.38. The van der Waals surface area contributed by atoms with Crippen LogP contribution in [-0.2, 0) is 20.9 Å². The number of carbonyl (C=O) groups excluding carboxylic acids is 2. The van der Waals surface area contributed by atoms with E-state index in [0.29, 0.717) is 23.0 Å². The zero-order valence-corrected chi connectivity index (χ0v) is 20.0. The fourth-order valence-corrected chi connectivity index (χ4v) is 4.48. The molecule has 1 aliphatic carbocycles. The number of amides is 2. The monoisotopic (exact) mass is 502 g/mol. The van der Waals surface area contributed by atoms with E-state index in [0.717, 1.165) is 29.8 Å². The van der Waals surface area contributed by atoms with Crippen LogP contribution in [0.15, 0.2) is 42.5 Å². The highest BCUT2D eigenvalue weighted by Gasteiger charge is 2.31. The number of rotatable bonds is 12.